The molecule has 0 aliphatic rings. The number of benzene rings is 1. The van der Waals surface area contributed by atoms with Crippen LogP contribution in [0, 0.1) is 5.82 Å². The van der Waals surface area contributed by atoms with Crippen molar-refractivity contribution in [2.24, 2.45) is 5.73 Å². The summed E-state index contributed by atoms with van der Waals surface area (Å²) in [5.74, 6) is -0.183. The Morgan fingerprint density at radius 2 is 2.00 bits per heavy atom. The molecule has 0 aliphatic carbocycles. The fraction of sp³-hybridized carbons (Fsp3) is 0.400. The van der Waals surface area contributed by atoms with Crippen LogP contribution in [0.5, 0.6) is 0 Å². The zero-order valence-electron chi connectivity index (χ0n) is 7.39. The van der Waals surface area contributed by atoms with Crippen LogP contribution in [-0.4, -0.2) is 6.54 Å². The number of hydrogen-bond acceptors (Lipinski definition) is 1. The molecule has 2 N–H and O–H groups in total. The highest BCUT2D eigenvalue weighted by atomic mass is 79.9. The normalized spacial score (nSPS) is 10.4. The molecular formula is C10H13BrFN. The van der Waals surface area contributed by atoms with Crippen LogP contribution >= 0.6 is 15.9 Å². The number of rotatable bonds is 4. The van der Waals surface area contributed by atoms with E-state index in [-0.39, 0.29) is 5.82 Å². The van der Waals surface area contributed by atoms with Crippen molar-refractivity contribution in [1.29, 1.82) is 0 Å². The molecule has 0 bridgehead atoms. The lowest BCUT2D eigenvalue weighted by Gasteiger charge is -2.01. The first kappa shape index (κ1) is 10.7. The first-order valence-electron chi connectivity index (χ1n) is 4.37. The summed E-state index contributed by atoms with van der Waals surface area (Å²) in [6, 6.07) is 4.98. The van der Waals surface area contributed by atoms with E-state index in [1.165, 1.54) is 6.07 Å². The van der Waals surface area contributed by atoms with Crippen molar-refractivity contribution < 1.29 is 4.39 Å². The van der Waals surface area contributed by atoms with E-state index in [0.717, 1.165) is 29.3 Å². The molecule has 0 spiro atoms. The third-order valence-corrected chi connectivity index (χ3v) is 2.30. The average molecular weight is 246 g/mol. The Morgan fingerprint density at radius 1 is 1.23 bits per heavy atom. The Hall–Kier alpha value is -0.410. The van der Waals surface area contributed by atoms with Gasteiger partial charge in [-0.1, -0.05) is 15.9 Å². The number of unbranched alkanes of at least 4 members (excludes halogenated alkanes) is 1. The molecule has 72 valence electrons. The second kappa shape index (κ2) is 5.35. The molecule has 0 atom stereocenters. The number of halogens is 2. The number of nitrogens with two attached hydrogens (primary N) is 1. The summed E-state index contributed by atoms with van der Waals surface area (Å²) in [6.07, 6.45) is 2.91. The van der Waals surface area contributed by atoms with Gasteiger partial charge in [-0.15, -0.1) is 0 Å². The van der Waals surface area contributed by atoms with Crippen LogP contribution in [0.1, 0.15) is 18.4 Å². The molecule has 0 heterocycles. The lowest BCUT2D eigenvalue weighted by Crippen LogP contribution is -1.99. The van der Waals surface area contributed by atoms with Gasteiger partial charge in [0.25, 0.3) is 0 Å². The van der Waals surface area contributed by atoms with Gasteiger partial charge in [0.15, 0.2) is 0 Å². The van der Waals surface area contributed by atoms with Crippen LogP contribution in [-0.2, 0) is 6.42 Å². The maximum absolute atomic E-state index is 12.9. The summed E-state index contributed by atoms with van der Waals surface area (Å²) in [5, 5.41) is 0. The van der Waals surface area contributed by atoms with Gasteiger partial charge in [-0.3, -0.25) is 0 Å². The highest BCUT2D eigenvalue weighted by molar-refractivity contribution is 9.10. The minimum atomic E-state index is -0.183. The zero-order valence-corrected chi connectivity index (χ0v) is 8.98. The van der Waals surface area contributed by atoms with Crippen LogP contribution in [0.4, 0.5) is 4.39 Å². The number of aryl methyl sites for hydroxylation is 1. The van der Waals surface area contributed by atoms with E-state index in [1.54, 1.807) is 6.07 Å². The molecule has 0 radical (unpaired) electrons. The summed E-state index contributed by atoms with van der Waals surface area (Å²) >= 11 is 3.26. The van der Waals surface area contributed by atoms with Gasteiger partial charge in [0.2, 0.25) is 0 Å². The van der Waals surface area contributed by atoms with E-state index in [9.17, 15) is 4.39 Å². The average Bonchev–Trinajstić information content (AvgIpc) is 2.03. The molecular weight excluding hydrogens is 233 g/mol. The van der Waals surface area contributed by atoms with Crippen molar-refractivity contribution in [2.75, 3.05) is 6.54 Å². The Balaban J connectivity index is 2.56. The molecule has 0 fully saturated rings. The molecule has 0 aromatic heterocycles. The first-order valence-corrected chi connectivity index (χ1v) is 5.16. The zero-order chi connectivity index (χ0) is 9.68. The molecule has 1 aromatic rings. The molecule has 1 rings (SSSR count). The molecule has 0 amide bonds. The predicted octanol–water partition coefficient (Wildman–Crippen LogP) is 2.87. The molecule has 1 aromatic carbocycles. The van der Waals surface area contributed by atoms with Gasteiger partial charge in [-0.25, -0.2) is 4.39 Å². The van der Waals surface area contributed by atoms with Crippen molar-refractivity contribution in [1.82, 2.24) is 0 Å². The molecule has 0 aliphatic heterocycles. The summed E-state index contributed by atoms with van der Waals surface area (Å²) in [5.41, 5.74) is 6.40. The fourth-order valence-electron chi connectivity index (χ4n) is 1.23. The van der Waals surface area contributed by atoms with Crippen molar-refractivity contribution in [3.05, 3.63) is 34.1 Å². The Kier molecular flexibility index (Phi) is 4.39. The molecule has 1 nitrogen and oxygen atoms in total. The molecule has 3 heteroatoms. The minimum Gasteiger partial charge on any atom is -0.330 e. The van der Waals surface area contributed by atoms with Gasteiger partial charge in [-0.05, 0) is 49.6 Å². The quantitative estimate of drug-likeness (QED) is 0.812. The van der Waals surface area contributed by atoms with E-state index < -0.39 is 0 Å². The van der Waals surface area contributed by atoms with E-state index in [4.69, 9.17) is 5.73 Å². The number of hydrogen-bond donors (Lipinski definition) is 1. The topological polar surface area (TPSA) is 26.0 Å². The van der Waals surface area contributed by atoms with Crippen LogP contribution < -0.4 is 5.73 Å². The summed E-state index contributed by atoms with van der Waals surface area (Å²) in [4.78, 5) is 0. The fourth-order valence-corrected chi connectivity index (χ4v) is 1.74. The van der Waals surface area contributed by atoms with E-state index >= 15 is 0 Å². The molecule has 13 heavy (non-hydrogen) atoms. The van der Waals surface area contributed by atoms with Gasteiger partial charge in [0.1, 0.15) is 5.82 Å². The first-order chi connectivity index (χ1) is 6.22. The van der Waals surface area contributed by atoms with Crippen LogP contribution in [0.3, 0.4) is 0 Å². The summed E-state index contributed by atoms with van der Waals surface area (Å²) < 4.78 is 13.7. The molecule has 0 saturated carbocycles. The van der Waals surface area contributed by atoms with Crippen molar-refractivity contribution in [2.45, 2.75) is 19.3 Å². The second-order valence-corrected chi connectivity index (χ2v) is 3.94. The lowest BCUT2D eigenvalue weighted by molar-refractivity contribution is 0.622. The summed E-state index contributed by atoms with van der Waals surface area (Å²) in [6.45, 7) is 0.705. The molecule has 0 saturated heterocycles. The van der Waals surface area contributed by atoms with Gasteiger partial charge in [0, 0.05) is 4.47 Å². The van der Waals surface area contributed by atoms with E-state index in [0.29, 0.717) is 6.54 Å². The predicted molar refractivity (Wildman–Crippen MR) is 56.1 cm³/mol. The Morgan fingerprint density at radius 3 is 2.62 bits per heavy atom. The van der Waals surface area contributed by atoms with Crippen LogP contribution in [0.25, 0.3) is 0 Å². The van der Waals surface area contributed by atoms with Gasteiger partial charge in [-0.2, -0.15) is 0 Å². The van der Waals surface area contributed by atoms with Crippen molar-refractivity contribution in [3.63, 3.8) is 0 Å². The lowest BCUT2D eigenvalue weighted by atomic mass is 10.1. The van der Waals surface area contributed by atoms with Gasteiger partial charge >= 0.3 is 0 Å². The third-order valence-electron chi connectivity index (χ3n) is 1.84. The highest BCUT2D eigenvalue weighted by Crippen LogP contribution is 2.16. The van der Waals surface area contributed by atoms with Crippen molar-refractivity contribution >= 4 is 15.9 Å². The van der Waals surface area contributed by atoms with E-state index in [1.807, 2.05) is 6.07 Å². The Labute approximate surface area is 86.3 Å². The van der Waals surface area contributed by atoms with Gasteiger partial charge in [0.05, 0.1) is 0 Å². The third kappa shape index (κ3) is 3.87. The summed E-state index contributed by atoms with van der Waals surface area (Å²) in [7, 11) is 0. The van der Waals surface area contributed by atoms with Crippen LogP contribution in [0.15, 0.2) is 22.7 Å². The minimum absolute atomic E-state index is 0.183. The maximum Gasteiger partial charge on any atom is 0.124 e. The SMILES string of the molecule is NCCCCc1cc(F)cc(Br)c1. The largest absolute Gasteiger partial charge is 0.330 e. The van der Waals surface area contributed by atoms with E-state index in [2.05, 4.69) is 15.9 Å². The highest BCUT2D eigenvalue weighted by Gasteiger charge is 1.98. The van der Waals surface area contributed by atoms with Crippen molar-refractivity contribution in [3.8, 4) is 0 Å². The monoisotopic (exact) mass is 245 g/mol. The molecule has 0 unspecified atom stereocenters. The smallest absolute Gasteiger partial charge is 0.124 e. The Bertz CT molecular complexity index is 255. The van der Waals surface area contributed by atoms with Crippen LogP contribution in [0.2, 0.25) is 0 Å². The second-order valence-electron chi connectivity index (χ2n) is 3.02. The van der Waals surface area contributed by atoms with Gasteiger partial charge < -0.3 is 5.73 Å². The standard InChI is InChI=1S/C10H13BrFN/c11-9-5-8(3-1-2-4-13)6-10(12)7-9/h5-7H,1-4,13H2. The maximum atomic E-state index is 12.9.